The fraction of sp³-hybridized carbons (Fsp3) is 0.148. The Morgan fingerprint density at radius 2 is 1.61 bits per heavy atom. The summed E-state index contributed by atoms with van der Waals surface area (Å²) in [5, 5.41) is 5.82. The van der Waals surface area contributed by atoms with Crippen LogP contribution in [0, 0.1) is 0 Å². The average molecular weight is 409 g/mol. The molecular formula is C27H24N2O2. The molecular weight excluding hydrogens is 384 g/mol. The van der Waals surface area contributed by atoms with Crippen molar-refractivity contribution in [3.63, 3.8) is 0 Å². The Kier molecular flexibility index (Phi) is 5.04. The van der Waals surface area contributed by atoms with E-state index in [1.54, 1.807) is 0 Å². The number of amides is 1. The monoisotopic (exact) mass is 408 g/mol. The summed E-state index contributed by atoms with van der Waals surface area (Å²) in [7, 11) is 0. The number of carbonyl (C=O) groups is 1. The molecule has 1 atom stereocenters. The van der Waals surface area contributed by atoms with Crippen LogP contribution in [0.25, 0.3) is 10.8 Å². The topological polar surface area (TPSA) is 41.6 Å². The third-order valence-corrected chi connectivity index (χ3v) is 5.61. The van der Waals surface area contributed by atoms with E-state index < -0.39 is 0 Å². The lowest BCUT2D eigenvalue weighted by molar-refractivity contribution is 0.0975. The van der Waals surface area contributed by atoms with Crippen LogP contribution in [-0.4, -0.2) is 12.5 Å². The maximum atomic E-state index is 13.6. The fourth-order valence-electron chi connectivity index (χ4n) is 4.05. The zero-order valence-electron chi connectivity index (χ0n) is 17.4. The lowest BCUT2D eigenvalue weighted by Crippen LogP contribution is -2.43. The Bertz CT molecular complexity index is 1230. The van der Waals surface area contributed by atoms with Gasteiger partial charge in [-0.2, -0.15) is 0 Å². The summed E-state index contributed by atoms with van der Waals surface area (Å²) in [6.45, 7) is 2.78. The minimum atomic E-state index is -0.316. The lowest BCUT2D eigenvalue weighted by Gasteiger charge is -2.38. The number of rotatable bonds is 5. The molecule has 1 aliphatic heterocycles. The highest BCUT2D eigenvalue weighted by molar-refractivity contribution is 6.12. The number of nitrogens with zero attached hydrogens (tertiary/aromatic N) is 1. The number of fused-ring (bicyclic) bond motifs is 2. The predicted molar refractivity (Wildman–Crippen MR) is 126 cm³/mol. The molecule has 0 bridgehead atoms. The van der Waals surface area contributed by atoms with E-state index in [0.29, 0.717) is 12.2 Å². The summed E-state index contributed by atoms with van der Waals surface area (Å²) in [5.74, 6) is 0.825. The van der Waals surface area contributed by atoms with Crippen LogP contribution in [0.3, 0.4) is 0 Å². The van der Waals surface area contributed by atoms with Gasteiger partial charge in [0, 0.05) is 11.4 Å². The Labute approximate surface area is 182 Å². The Balaban J connectivity index is 1.58. The number of anilines is 2. The van der Waals surface area contributed by atoms with E-state index in [-0.39, 0.29) is 12.1 Å². The van der Waals surface area contributed by atoms with Gasteiger partial charge in [0.25, 0.3) is 5.91 Å². The molecule has 0 radical (unpaired) electrons. The van der Waals surface area contributed by atoms with Crippen LogP contribution in [0.15, 0.2) is 91.0 Å². The Morgan fingerprint density at radius 3 is 2.42 bits per heavy atom. The number of hydrogen-bond donors (Lipinski definition) is 1. The number of hydrogen-bond acceptors (Lipinski definition) is 3. The van der Waals surface area contributed by atoms with Crippen molar-refractivity contribution in [2.45, 2.75) is 19.5 Å². The van der Waals surface area contributed by atoms with Crippen molar-refractivity contribution in [3.8, 4) is 5.75 Å². The summed E-state index contributed by atoms with van der Waals surface area (Å²) in [6.07, 6.45) is 0.649. The van der Waals surface area contributed by atoms with Gasteiger partial charge < -0.3 is 10.1 Å². The third kappa shape index (κ3) is 3.61. The number of para-hydroxylation sites is 1. The minimum absolute atomic E-state index is 0.0130. The number of benzene rings is 4. The van der Waals surface area contributed by atoms with E-state index in [1.165, 1.54) is 0 Å². The highest BCUT2D eigenvalue weighted by Gasteiger charge is 2.34. The van der Waals surface area contributed by atoms with Gasteiger partial charge in [-0.1, -0.05) is 61.5 Å². The largest absolute Gasteiger partial charge is 0.494 e. The van der Waals surface area contributed by atoms with E-state index in [2.05, 4.69) is 36.5 Å². The van der Waals surface area contributed by atoms with Crippen molar-refractivity contribution in [3.05, 3.63) is 102 Å². The molecule has 0 aromatic heterocycles. The van der Waals surface area contributed by atoms with E-state index in [4.69, 9.17) is 4.74 Å². The Morgan fingerprint density at radius 1 is 0.871 bits per heavy atom. The first-order valence-corrected chi connectivity index (χ1v) is 10.7. The van der Waals surface area contributed by atoms with Gasteiger partial charge in [-0.15, -0.1) is 0 Å². The molecule has 1 unspecified atom stereocenters. The van der Waals surface area contributed by atoms with Gasteiger partial charge in [0.1, 0.15) is 11.9 Å². The Hall–Kier alpha value is -3.79. The van der Waals surface area contributed by atoms with Crippen molar-refractivity contribution in [2.75, 3.05) is 16.8 Å². The van der Waals surface area contributed by atoms with E-state index >= 15 is 0 Å². The molecule has 0 saturated heterocycles. The normalized spacial score (nSPS) is 15.5. The molecule has 0 spiro atoms. The second-order valence-corrected chi connectivity index (χ2v) is 7.72. The van der Waals surface area contributed by atoms with E-state index in [9.17, 15) is 4.79 Å². The van der Waals surface area contributed by atoms with Crippen molar-refractivity contribution in [1.82, 2.24) is 0 Å². The highest BCUT2D eigenvalue weighted by atomic mass is 16.5. The van der Waals surface area contributed by atoms with Crippen molar-refractivity contribution in [2.24, 2.45) is 0 Å². The molecule has 0 saturated carbocycles. The van der Waals surface area contributed by atoms with Gasteiger partial charge >= 0.3 is 0 Å². The maximum absolute atomic E-state index is 13.6. The number of ether oxygens (including phenoxy) is 1. The first-order chi connectivity index (χ1) is 15.2. The second kappa shape index (κ2) is 8.15. The molecule has 0 aliphatic carbocycles. The van der Waals surface area contributed by atoms with Gasteiger partial charge in [-0.05, 0) is 59.2 Å². The lowest BCUT2D eigenvalue weighted by atomic mass is 10.0. The molecule has 154 valence electrons. The zero-order valence-corrected chi connectivity index (χ0v) is 17.4. The molecule has 4 nitrogen and oxygen atoms in total. The minimum Gasteiger partial charge on any atom is -0.494 e. The van der Waals surface area contributed by atoms with Crippen molar-refractivity contribution in [1.29, 1.82) is 0 Å². The van der Waals surface area contributed by atoms with Gasteiger partial charge in [-0.25, -0.2) is 0 Å². The van der Waals surface area contributed by atoms with Crippen molar-refractivity contribution < 1.29 is 9.53 Å². The van der Waals surface area contributed by atoms with Crippen LogP contribution in [-0.2, 0) is 0 Å². The maximum Gasteiger partial charge on any atom is 0.262 e. The predicted octanol–water partition coefficient (Wildman–Crippen LogP) is 6.40. The molecule has 1 aliphatic rings. The fourth-order valence-corrected chi connectivity index (χ4v) is 4.05. The van der Waals surface area contributed by atoms with Crippen LogP contribution < -0.4 is 15.0 Å². The van der Waals surface area contributed by atoms with Crippen LogP contribution >= 0.6 is 0 Å². The van der Waals surface area contributed by atoms with Gasteiger partial charge in [0.15, 0.2) is 0 Å². The summed E-state index contributed by atoms with van der Waals surface area (Å²) >= 11 is 0. The van der Waals surface area contributed by atoms with Crippen LogP contribution in [0.5, 0.6) is 5.75 Å². The van der Waals surface area contributed by atoms with Crippen molar-refractivity contribution >= 4 is 28.1 Å². The van der Waals surface area contributed by atoms with E-state index in [1.807, 2.05) is 71.6 Å². The molecule has 0 fully saturated rings. The summed E-state index contributed by atoms with van der Waals surface area (Å²) in [6, 6.07) is 30.0. The van der Waals surface area contributed by atoms with Crippen LogP contribution in [0.1, 0.15) is 35.4 Å². The van der Waals surface area contributed by atoms with Gasteiger partial charge in [-0.3, -0.25) is 9.69 Å². The molecule has 1 heterocycles. The molecule has 1 amide bonds. The molecule has 5 rings (SSSR count). The molecule has 4 heteroatoms. The molecule has 1 N–H and O–H groups in total. The molecule has 31 heavy (non-hydrogen) atoms. The summed E-state index contributed by atoms with van der Waals surface area (Å²) in [4.78, 5) is 15.5. The van der Waals surface area contributed by atoms with Crippen LogP contribution in [0.4, 0.5) is 11.4 Å². The zero-order chi connectivity index (χ0) is 21.2. The summed E-state index contributed by atoms with van der Waals surface area (Å²) in [5.41, 5.74) is 3.39. The third-order valence-electron chi connectivity index (χ3n) is 5.61. The average Bonchev–Trinajstić information content (AvgIpc) is 2.83. The molecule has 4 aromatic rings. The smallest absolute Gasteiger partial charge is 0.262 e. The number of nitrogens with one attached hydrogen (secondary N) is 1. The van der Waals surface area contributed by atoms with E-state index in [0.717, 1.165) is 39.9 Å². The molecule has 4 aromatic carbocycles. The van der Waals surface area contributed by atoms with Gasteiger partial charge in [0.2, 0.25) is 0 Å². The second-order valence-electron chi connectivity index (χ2n) is 7.72. The summed E-state index contributed by atoms with van der Waals surface area (Å²) < 4.78 is 5.73. The first kappa shape index (κ1) is 19.2. The number of carbonyl (C=O) groups excluding carboxylic acids is 1. The van der Waals surface area contributed by atoms with Gasteiger partial charge in [0.05, 0.1) is 12.2 Å². The van der Waals surface area contributed by atoms with Crippen LogP contribution in [0.2, 0.25) is 0 Å². The highest BCUT2D eigenvalue weighted by Crippen LogP contribution is 2.38. The SMILES string of the molecule is CCCOc1ccc(C2Nc3ccccc3C(=O)N2c2ccc3ccccc3c2)cc1. The first-order valence-electron chi connectivity index (χ1n) is 10.7. The quantitative estimate of drug-likeness (QED) is 0.415. The standard InChI is InChI=1S/C27H24N2O2/c1-2-17-31-23-15-12-20(13-16-23)26-28-25-10-6-5-9-24(25)27(30)29(26)22-14-11-19-7-3-4-8-21(19)18-22/h3-16,18,26,28H,2,17H2,1H3.